The molecule has 0 spiro atoms. The Kier molecular flexibility index (Phi) is 3.80. The quantitative estimate of drug-likeness (QED) is 0.923. The van der Waals surface area contributed by atoms with Gasteiger partial charge >= 0.3 is 0 Å². The Morgan fingerprint density at radius 1 is 1.20 bits per heavy atom. The number of methoxy groups -OCH3 is 1. The number of benzene rings is 1. The maximum atomic E-state index is 12.5. The molecule has 2 aromatic rings. The molecular weight excluding hydrogens is 278 g/mol. The smallest absolute Gasteiger partial charge is 0.265 e. The minimum Gasteiger partial charge on any atom is -0.495 e. The maximum Gasteiger partial charge on any atom is 0.265 e. The number of nitrogen functional groups attached to an aromatic ring is 1. The average molecular weight is 293 g/mol. The summed E-state index contributed by atoms with van der Waals surface area (Å²) in [7, 11) is -0.754. The number of pyridine rings is 1. The molecule has 1 aromatic carbocycles. The number of hydrogen-bond acceptors (Lipinski definition) is 5. The Balaban J connectivity index is 2.46. The number of hydrogen-bond donors (Lipinski definition) is 1. The number of nitrogens with zero attached hydrogens (tertiary/aromatic N) is 2. The monoisotopic (exact) mass is 293 g/mol. The number of rotatable bonds is 4. The van der Waals surface area contributed by atoms with Gasteiger partial charge in [-0.2, -0.15) is 0 Å². The lowest BCUT2D eigenvalue weighted by Gasteiger charge is -2.21. The molecule has 0 bridgehead atoms. The van der Waals surface area contributed by atoms with Crippen molar-refractivity contribution in [3.8, 4) is 5.75 Å². The Hall–Kier alpha value is -2.28. The van der Waals surface area contributed by atoms with Crippen molar-refractivity contribution in [1.82, 2.24) is 4.98 Å². The van der Waals surface area contributed by atoms with E-state index in [1.807, 2.05) is 0 Å². The molecular formula is C13H15N3O3S. The molecule has 2 rings (SSSR count). The average Bonchev–Trinajstić information content (AvgIpc) is 2.46. The summed E-state index contributed by atoms with van der Waals surface area (Å²) in [4.78, 5) is 3.87. The van der Waals surface area contributed by atoms with Gasteiger partial charge in [-0.3, -0.25) is 4.31 Å². The van der Waals surface area contributed by atoms with E-state index in [-0.39, 0.29) is 10.7 Å². The van der Waals surface area contributed by atoms with E-state index < -0.39 is 10.0 Å². The highest BCUT2D eigenvalue weighted by atomic mass is 32.2. The number of sulfonamides is 1. The standard InChI is InChI=1S/C13H15N3O3S/c1-16(11-5-3-4-6-12(11)19-2)20(17,18)10-7-8-13(14)15-9-10/h3-9H,1-2H3,(H2,14,15). The lowest BCUT2D eigenvalue weighted by Crippen LogP contribution is -2.27. The summed E-state index contributed by atoms with van der Waals surface area (Å²) in [6.07, 6.45) is 1.23. The zero-order valence-electron chi connectivity index (χ0n) is 11.1. The van der Waals surface area contributed by atoms with E-state index in [0.29, 0.717) is 11.4 Å². The first-order valence-electron chi connectivity index (χ1n) is 5.80. The van der Waals surface area contributed by atoms with Gasteiger partial charge in [-0.1, -0.05) is 12.1 Å². The number of anilines is 2. The fourth-order valence-electron chi connectivity index (χ4n) is 1.72. The third-order valence-corrected chi connectivity index (χ3v) is 4.60. The third kappa shape index (κ3) is 2.53. The fraction of sp³-hybridized carbons (Fsp3) is 0.154. The van der Waals surface area contributed by atoms with Gasteiger partial charge in [0, 0.05) is 13.2 Å². The zero-order valence-corrected chi connectivity index (χ0v) is 12.0. The Morgan fingerprint density at radius 3 is 2.50 bits per heavy atom. The molecule has 0 unspecified atom stereocenters. The zero-order chi connectivity index (χ0) is 14.8. The molecule has 0 atom stereocenters. The van der Waals surface area contributed by atoms with Gasteiger partial charge < -0.3 is 10.5 Å². The van der Waals surface area contributed by atoms with Gasteiger partial charge in [0.15, 0.2) is 0 Å². The summed E-state index contributed by atoms with van der Waals surface area (Å²) in [5.74, 6) is 0.742. The second-order valence-electron chi connectivity index (χ2n) is 4.06. The van der Waals surface area contributed by atoms with Crippen molar-refractivity contribution in [2.45, 2.75) is 4.90 Å². The molecule has 0 aliphatic heterocycles. The summed E-state index contributed by atoms with van der Waals surface area (Å²) in [5.41, 5.74) is 5.91. The molecule has 20 heavy (non-hydrogen) atoms. The second kappa shape index (κ2) is 5.38. The van der Waals surface area contributed by atoms with Crippen LogP contribution in [0.25, 0.3) is 0 Å². The predicted octanol–water partition coefficient (Wildman–Crippen LogP) is 1.50. The van der Waals surface area contributed by atoms with Crippen molar-refractivity contribution in [2.24, 2.45) is 0 Å². The van der Waals surface area contributed by atoms with Gasteiger partial charge in [-0.15, -0.1) is 0 Å². The lowest BCUT2D eigenvalue weighted by molar-refractivity contribution is 0.416. The van der Waals surface area contributed by atoms with E-state index in [2.05, 4.69) is 4.98 Å². The van der Waals surface area contributed by atoms with Crippen LogP contribution in [-0.2, 0) is 10.0 Å². The van der Waals surface area contributed by atoms with Gasteiger partial charge in [-0.25, -0.2) is 13.4 Å². The van der Waals surface area contributed by atoms with Gasteiger partial charge in [0.1, 0.15) is 16.5 Å². The van der Waals surface area contributed by atoms with Crippen LogP contribution in [0, 0.1) is 0 Å². The van der Waals surface area contributed by atoms with Crippen LogP contribution < -0.4 is 14.8 Å². The SMILES string of the molecule is COc1ccccc1N(C)S(=O)(=O)c1ccc(N)nc1. The summed E-state index contributed by atoms with van der Waals surface area (Å²) in [6, 6.07) is 9.74. The van der Waals surface area contributed by atoms with Crippen LogP contribution in [0.4, 0.5) is 11.5 Å². The maximum absolute atomic E-state index is 12.5. The highest BCUT2D eigenvalue weighted by Crippen LogP contribution is 2.30. The van der Waals surface area contributed by atoms with Crippen LogP contribution >= 0.6 is 0 Å². The van der Waals surface area contributed by atoms with Crippen molar-refractivity contribution >= 4 is 21.5 Å². The summed E-state index contributed by atoms with van der Waals surface area (Å²) < 4.78 is 31.3. The van der Waals surface area contributed by atoms with Crippen LogP contribution in [0.1, 0.15) is 0 Å². The first-order chi connectivity index (χ1) is 9.46. The van der Waals surface area contributed by atoms with E-state index in [1.165, 1.54) is 32.5 Å². The fourth-order valence-corrected chi connectivity index (χ4v) is 2.87. The van der Waals surface area contributed by atoms with Gasteiger partial charge in [0.05, 0.1) is 12.8 Å². The summed E-state index contributed by atoms with van der Waals surface area (Å²) in [5, 5.41) is 0. The van der Waals surface area contributed by atoms with E-state index >= 15 is 0 Å². The molecule has 0 aliphatic rings. The normalized spacial score (nSPS) is 11.1. The third-order valence-electron chi connectivity index (χ3n) is 2.84. The number of nitrogens with two attached hydrogens (primary N) is 1. The summed E-state index contributed by atoms with van der Waals surface area (Å²) >= 11 is 0. The van der Waals surface area contributed by atoms with Crippen molar-refractivity contribution in [3.05, 3.63) is 42.6 Å². The minimum atomic E-state index is -3.71. The lowest BCUT2D eigenvalue weighted by atomic mass is 10.3. The molecule has 0 fully saturated rings. The topological polar surface area (TPSA) is 85.5 Å². The molecule has 2 N–H and O–H groups in total. The van der Waals surface area contributed by atoms with Gasteiger partial charge in [0.25, 0.3) is 10.0 Å². The molecule has 6 nitrogen and oxygen atoms in total. The van der Waals surface area contributed by atoms with Gasteiger partial charge in [-0.05, 0) is 24.3 Å². The number of ether oxygens (including phenoxy) is 1. The highest BCUT2D eigenvalue weighted by molar-refractivity contribution is 7.92. The Labute approximate surface area is 117 Å². The number of para-hydroxylation sites is 2. The van der Waals surface area contributed by atoms with E-state index in [0.717, 1.165) is 4.31 Å². The van der Waals surface area contributed by atoms with Crippen molar-refractivity contribution < 1.29 is 13.2 Å². The minimum absolute atomic E-state index is 0.0695. The number of aromatic nitrogens is 1. The largest absolute Gasteiger partial charge is 0.495 e. The molecule has 0 saturated carbocycles. The first kappa shape index (κ1) is 14.1. The van der Waals surface area contributed by atoms with E-state index in [1.54, 1.807) is 24.3 Å². The van der Waals surface area contributed by atoms with Crippen LogP contribution in [0.15, 0.2) is 47.5 Å². The van der Waals surface area contributed by atoms with Crippen LogP contribution in [-0.4, -0.2) is 27.6 Å². The molecule has 7 heteroatoms. The summed E-state index contributed by atoms with van der Waals surface area (Å²) in [6.45, 7) is 0. The Bertz CT molecular complexity index is 699. The van der Waals surface area contributed by atoms with Crippen LogP contribution in [0.5, 0.6) is 5.75 Å². The highest BCUT2D eigenvalue weighted by Gasteiger charge is 2.23. The molecule has 1 heterocycles. The van der Waals surface area contributed by atoms with E-state index in [9.17, 15) is 8.42 Å². The van der Waals surface area contributed by atoms with Crippen molar-refractivity contribution in [3.63, 3.8) is 0 Å². The molecule has 0 saturated heterocycles. The van der Waals surface area contributed by atoms with E-state index in [4.69, 9.17) is 10.5 Å². The molecule has 0 radical (unpaired) electrons. The van der Waals surface area contributed by atoms with Gasteiger partial charge in [0.2, 0.25) is 0 Å². The Morgan fingerprint density at radius 2 is 1.90 bits per heavy atom. The molecule has 1 aromatic heterocycles. The molecule has 0 amide bonds. The molecule has 106 valence electrons. The predicted molar refractivity (Wildman–Crippen MR) is 77.2 cm³/mol. The van der Waals surface area contributed by atoms with Crippen molar-refractivity contribution in [1.29, 1.82) is 0 Å². The van der Waals surface area contributed by atoms with Crippen LogP contribution in [0.2, 0.25) is 0 Å². The van der Waals surface area contributed by atoms with Crippen molar-refractivity contribution in [2.75, 3.05) is 24.2 Å². The second-order valence-corrected chi connectivity index (χ2v) is 6.03. The van der Waals surface area contributed by atoms with Crippen LogP contribution in [0.3, 0.4) is 0 Å². The first-order valence-corrected chi connectivity index (χ1v) is 7.24. The molecule has 0 aliphatic carbocycles.